The lowest BCUT2D eigenvalue weighted by Crippen LogP contribution is -2.26. The first-order chi connectivity index (χ1) is 13.2. The van der Waals surface area contributed by atoms with E-state index in [1.165, 1.54) is 7.11 Å². The van der Waals surface area contributed by atoms with Gasteiger partial charge in [-0.2, -0.15) is 0 Å². The normalized spacial score (nSPS) is 20.0. The molecule has 138 valence electrons. The average molecular weight is 365 g/mol. The van der Waals surface area contributed by atoms with Crippen molar-refractivity contribution in [3.63, 3.8) is 0 Å². The lowest BCUT2D eigenvalue weighted by atomic mass is 9.75. The molecule has 0 aromatic heterocycles. The molecule has 6 nitrogen and oxygen atoms in total. The van der Waals surface area contributed by atoms with E-state index in [1.54, 1.807) is 12.1 Å². The summed E-state index contributed by atoms with van der Waals surface area (Å²) in [6.07, 6.45) is 2.21. The Hall–Kier alpha value is -3.15. The van der Waals surface area contributed by atoms with Crippen LogP contribution in [-0.4, -0.2) is 24.8 Å². The molecule has 6 heteroatoms. The Kier molecular flexibility index (Phi) is 3.53. The van der Waals surface area contributed by atoms with Crippen molar-refractivity contribution in [1.82, 2.24) is 0 Å². The van der Waals surface area contributed by atoms with Crippen molar-refractivity contribution < 1.29 is 24.1 Å². The number of fused-ring (bicyclic) bond motifs is 2. The van der Waals surface area contributed by atoms with Crippen molar-refractivity contribution in [2.75, 3.05) is 19.2 Å². The van der Waals surface area contributed by atoms with Crippen LogP contribution in [0.1, 0.15) is 36.3 Å². The summed E-state index contributed by atoms with van der Waals surface area (Å²) < 4.78 is 16.2. The van der Waals surface area contributed by atoms with Gasteiger partial charge in [0.05, 0.1) is 7.11 Å². The van der Waals surface area contributed by atoms with Crippen LogP contribution in [0.2, 0.25) is 0 Å². The number of phenols is 1. The number of allylic oxidation sites excluding steroid dienone is 2. The van der Waals surface area contributed by atoms with Crippen LogP contribution in [0.25, 0.3) is 0 Å². The van der Waals surface area contributed by atoms with E-state index >= 15 is 0 Å². The molecule has 2 N–H and O–H groups in total. The van der Waals surface area contributed by atoms with Crippen LogP contribution in [0, 0.1) is 0 Å². The molecule has 1 atom stereocenters. The summed E-state index contributed by atoms with van der Waals surface area (Å²) >= 11 is 0. The van der Waals surface area contributed by atoms with E-state index in [1.807, 2.05) is 18.2 Å². The van der Waals surface area contributed by atoms with Gasteiger partial charge in [-0.05, 0) is 42.2 Å². The summed E-state index contributed by atoms with van der Waals surface area (Å²) in [5, 5.41) is 13.7. The van der Waals surface area contributed by atoms with Crippen LogP contribution < -0.4 is 19.5 Å². The molecule has 27 heavy (non-hydrogen) atoms. The lowest BCUT2D eigenvalue weighted by molar-refractivity contribution is -0.116. The molecule has 1 unspecified atom stereocenters. The SMILES string of the molecule is COc1ccc(C2C3=C(CCCC3=O)Nc3cc4c(cc32)OCO4)cc1O. The minimum absolute atomic E-state index is 0.0567. The molecule has 3 aliphatic rings. The molecule has 5 rings (SSSR count). The zero-order chi connectivity index (χ0) is 18.5. The maximum absolute atomic E-state index is 12.8. The second-order valence-corrected chi connectivity index (χ2v) is 6.95. The molecular weight excluding hydrogens is 346 g/mol. The van der Waals surface area contributed by atoms with E-state index in [4.69, 9.17) is 14.2 Å². The van der Waals surface area contributed by atoms with Gasteiger partial charge in [-0.25, -0.2) is 0 Å². The standard InChI is InChI=1S/C21H19NO5/c1-25-17-6-5-11(7-16(17)24)20-12-8-18-19(27-10-26-18)9-14(12)22-13-3-2-4-15(23)21(13)20/h5-9,20,22,24H,2-4,10H2,1H3. The van der Waals surface area contributed by atoms with Crippen LogP contribution in [0.3, 0.4) is 0 Å². The Morgan fingerprint density at radius 1 is 1.15 bits per heavy atom. The number of phenolic OH excluding ortho intramolecular Hbond substituents is 1. The number of hydrogen-bond acceptors (Lipinski definition) is 6. The van der Waals surface area contributed by atoms with Crippen molar-refractivity contribution in [2.45, 2.75) is 25.2 Å². The van der Waals surface area contributed by atoms with E-state index in [0.717, 1.165) is 40.9 Å². The predicted octanol–water partition coefficient (Wildman–Crippen LogP) is 3.69. The number of hydrogen-bond donors (Lipinski definition) is 2. The Bertz CT molecular complexity index is 994. The number of benzene rings is 2. The zero-order valence-corrected chi connectivity index (χ0v) is 14.9. The van der Waals surface area contributed by atoms with Crippen LogP contribution in [0.4, 0.5) is 5.69 Å². The highest BCUT2D eigenvalue weighted by Gasteiger charge is 2.36. The van der Waals surface area contributed by atoms with E-state index in [9.17, 15) is 9.90 Å². The number of rotatable bonds is 2. The molecule has 1 aliphatic carbocycles. The first kappa shape index (κ1) is 16.1. The Morgan fingerprint density at radius 3 is 2.74 bits per heavy atom. The monoisotopic (exact) mass is 365 g/mol. The van der Waals surface area contributed by atoms with E-state index < -0.39 is 0 Å². The van der Waals surface area contributed by atoms with Crippen LogP contribution >= 0.6 is 0 Å². The molecule has 0 radical (unpaired) electrons. The largest absolute Gasteiger partial charge is 0.504 e. The van der Waals surface area contributed by atoms with Crippen LogP contribution in [-0.2, 0) is 4.79 Å². The molecule has 0 spiro atoms. The van der Waals surface area contributed by atoms with E-state index in [0.29, 0.717) is 23.7 Å². The number of nitrogens with one attached hydrogen (secondary N) is 1. The van der Waals surface area contributed by atoms with Gasteiger partial charge in [0, 0.05) is 35.4 Å². The maximum atomic E-state index is 12.8. The minimum atomic E-state index is -0.268. The summed E-state index contributed by atoms with van der Waals surface area (Å²) in [7, 11) is 1.51. The fourth-order valence-electron chi connectivity index (χ4n) is 4.18. The molecule has 0 fully saturated rings. The average Bonchev–Trinajstić information content (AvgIpc) is 3.12. The summed E-state index contributed by atoms with van der Waals surface area (Å²) in [6, 6.07) is 9.16. The number of methoxy groups -OCH3 is 1. The Labute approximate surface area is 156 Å². The highest BCUT2D eigenvalue weighted by atomic mass is 16.7. The maximum Gasteiger partial charge on any atom is 0.231 e. The highest BCUT2D eigenvalue weighted by molar-refractivity contribution is 6.01. The zero-order valence-electron chi connectivity index (χ0n) is 14.9. The second kappa shape index (κ2) is 5.94. The first-order valence-electron chi connectivity index (χ1n) is 8.99. The first-order valence-corrected chi connectivity index (χ1v) is 8.99. The van der Waals surface area contributed by atoms with Gasteiger partial charge in [0.1, 0.15) is 0 Å². The predicted molar refractivity (Wildman–Crippen MR) is 98.6 cm³/mol. The molecule has 2 aromatic carbocycles. The number of aromatic hydroxyl groups is 1. The number of carbonyl (C=O) groups is 1. The smallest absolute Gasteiger partial charge is 0.231 e. The molecule has 0 amide bonds. The number of ketones is 1. The van der Waals surface area contributed by atoms with Gasteiger partial charge in [-0.15, -0.1) is 0 Å². The minimum Gasteiger partial charge on any atom is -0.504 e. The van der Waals surface area contributed by atoms with Crippen molar-refractivity contribution in [2.24, 2.45) is 0 Å². The fraction of sp³-hybridized carbons (Fsp3) is 0.286. The molecule has 2 heterocycles. The fourth-order valence-corrected chi connectivity index (χ4v) is 4.18. The van der Waals surface area contributed by atoms with Crippen LogP contribution in [0.5, 0.6) is 23.0 Å². The van der Waals surface area contributed by atoms with E-state index in [2.05, 4.69) is 5.32 Å². The second-order valence-electron chi connectivity index (χ2n) is 6.95. The number of ether oxygens (including phenoxy) is 3. The third-order valence-electron chi connectivity index (χ3n) is 5.42. The lowest BCUT2D eigenvalue weighted by Gasteiger charge is -2.34. The van der Waals surface area contributed by atoms with Crippen LogP contribution in [0.15, 0.2) is 41.6 Å². The van der Waals surface area contributed by atoms with Gasteiger partial charge < -0.3 is 24.6 Å². The molecule has 0 saturated heterocycles. The summed E-state index contributed by atoms with van der Waals surface area (Å²) in [5.41, 5.74) is 4.43. The number of Topliss-reactive ketones (excluding diaryl/α,β-unsaturated/α-hetero) is 1. The highest BCUT2D eigenvalue weighted by Crippen LogP contribution is 2.50. The quantitative estimate of drug-likeness (QED) is 0.845. The Balaban J connectivity index is 1.72. The summed E-state index contributed by atoms with van der Waals surface area (Å²) in [6.45, 7) is 0.193. The molecule has 2 aromatic rings. The third-order valence-corrected chi connectivity index (χ3v) is 5.42. The van der Waals surface area contributed by atoms with Gasteiger partial charge in [0.2, 0.25) is 6.79 Å². The summed E-state index contributed by atoms with van der Waals surface area (Å²) in [5.74, 6) is 1.71. The number of carbonyl (C=O) groups excluding carboxylic acids is 1. The van der Waals surface area contributed by atoms with Crippen molar-refractivity contribution >= 4 is 11.5 Å². The van der Waals surface area contributed by atoms with Crippen molar-refractivity contribution in [1.29, 1.82) is 0 Å². The van der Waals surface area contributed by atoms with Gasteiger partial charge in [0.25, 0.3) is 0 Å². The molecule has 0 bridgehead atoms. The molecule has 2 aliphatic heterocycles. The third kappa shape index (κ3) is 2.44. The van der Waals surface area contributed by atoms with Crippen molar-refractivity contribution in [3.8, 4) is 23.0 Å². The Morgan fingerprint density at radius 2 is 1.96 bits per heavy atom. The van der Waals surface area contributed by atoms with Gasteiger partial charge in [-0.3, -0.25) is 4.79 Å². The van der Waals surface area contributed by atoms with Gasteiger partial charge >= 0.3 is 0 Å². The van der Waals surface area contributed by atoms with Crippen molar-refractivity contribution in [3.05, 3.63) is 52.7 Å². The number of anilines is 1. The topological polar surface area (TPSA) is 77.0 Å². The molecular formula is C21H19NO5. The summed E-state index contributed by atoms with van der Waals surface area (Å²) in [4.78, 5) is 12.8. The van der Waals surface area contributed by atoms with Gasteiger partial charge in [-0.1, -0.05) is 6.07 Å². The van der Waals surface area contributed by atoms with Gasteiger partial charge in [0.15, 0.2) is 28.8 Å². The molecule has 0 saturated carbocycles. The van der Waals surface area contributed by atoms with E-state index in [-0.39, 0.29) is 24.2 Å².